The molecule has 9 atom stereocenters. The van der Waals surface area contributed by atoms with Gasteiger partial charge < -0.3 is 92.0 Å². The van der Waals surface area contributed by atoms with Crippen LogP contribution < -0.4 is 36.5 Å². The Morgan fingerprint density at radius 1 is 0.567 bits per heavy atom. The molecule has 5 amide bonds. The Hall–Kier alpha value is -13.6. The van der Waals surface area contributed by atoms with Gasteiger partial charge in [0.25, 0.3) is 20.3 Å². The van der Waals surface area contributed by atoms with E-state index in [2.05, 4.69) is 79.5 Å². The van der Waals surface area contributed by atoms with E-state index in [1.54, 1.807) is 68.0 Å². The van der Waals surface area contributed by atoms with Crippen LogP contribution in [0.25, 0.3) is 33.4 Å². The molecule has 9 unspecified atom stereocenters. The lowest BCUT2D eigenvalue weighted by Gasteiger charge is -2.37. The predicted octanol–water partition coefficient (Wildman–Crippen LogP) is 15.9. The topological polar surface area (TPSA) is 428 Å². The van der Waals surface area contributed by atoms with Gasteiger partial charge in [0.2, 0.25) is 11.9 Å². The number of amides is 5. The van der Waals surface area contributed by atoms with Crippen molar-refractivity contribution in [1.29, 1.82) is 10.5 Å². The van der Waals surface area contributed by atoms with Crippen LogP contribution in [-0.4, -0.2) is 210 Å². The Morgan fingerprint density at radius 3 is 1.65 bits per heavy atom. The maximum Gasteiger partial charge on any atom is 0.409 e. The van der Waals surface area contributed by atoms with E-state index in [9.17, 15) is 39.3 Å². The van der Waals surface area contributed by atoms with Gasteiger partial charge in [-0.15, -0.1) is 0 Å². The molecule has 2 fully saturated rings. The molecule has 2 aliphatic carbocycles. The third-order valence-electron chi connectivity index (χ3n) is 25.1. The van der Waals surface area contributed by atoms with Gasteiger partial charge in [0.15, 0.2) is 29.4 Å². The molecular weight excluding hydrogens is 1840 g/mol. The predicted molar refractivity (Wildman–Crippen MR) is 523 cm³/mol. The lowest BCUT2D eigenvalue weighted by atomic mass is 9.80. The quantitative estimate of drug-likeness (QED) is 0.00778. The molecule has 0 spiro atoms. The highest BCUT2D eigenvalue weighted by Crippen LogP contribution is 2.54. The fourth-order valence-corrected chi connectivity index (χ4v) is 21.0. The number of guanidine groups is 1. The highest BCUT2D eigenvalue weighted by molar-refractivity contribution is 7.44. The minimum absolute atomic E-state index is 0.0140. The number of nitrogens with zero attached hydrogens (tertiary/aromatic N) is 12. The molecule has 36 nitrogen and oxygen atoms in total. The van der Waals surface area contributed by atoms with Gasteiger partial charge in [-0.1, -0.05) is 164 Å². The molecular formula is C103H113N17O19P2. The number of carbonyl (C=O) groups is 6. The van der Waals surface area contributed by atoms with Crippen molar-refractivity contribution in [3.63, 3.8) is 0 Å². The van der Waals surface area contributed by atoms with Crippen LogP contribution in [0.3, 0.4) is 0 Å². The lowest BCUT2D eigenvalue weighted by molar-refractivity contribution is -0.148. The molecule has 8 aromatic carbocycles. The number of fused-ring (bicyclic) bond motifs is 8. The average Bonchev–Trinajstić information content (AvgIpc) is 1.75. The van der Waals surface area contributed by atoms with Crippen LogP contribution in [0.4, 0.5) is 21.2 Å². The summed E-state index contributed by atoms with van der Waals surface area (Å²) >= 11 is 0. The summed E-state index contributed by atoms with van der Waals surface area (Å²) in [5, 5.41) is 31.5. The molecule has 0 radical (unpaired) electrons. The van der Waals surface area contributed by atoms with Crippen LogP contribution in [0.15, 0.2) is 224 Å². The number of nitrogens with one attached hydrogen (secondary N) is 4. The van der Waals surface area contributed by atoms with Gasteiger partial charge in [0.05, 0.1) is 90.5 Å². The molecule has 3 aliphatic heterocycles. The first-order chi connectivity index (χ1) is 68.6. The van der Waals surface area contributed by atoms with Crippen molar-refractivity contribution < 1.29 is 89.3 Å². The zero-order valence-electron chi connectivity index (χ0n) is 79.5. The largest absolute Gasteiger partial charge is 0.497 e. The number of aromatic nitrogens is 6. The minimum Gasteiger partial charge on any atom is -0.497 e. The van der Waals surface area contributed by atoms with Gasteiger partial charge >= 0.3 is 26.8 Å². The second-order valence-electron chi connectivity index (χ2n) is 34.9. The first-order valence-corrected chi connectivity index (χ1v) is 49.0. The highest BCUT2D eigenvalue weighted by Gasteiger charge is 2.48. The Kier molecular flexibility index (Phi) is 33.6. The molecule has 11 aromatic rings. The van der Waals surface area contributed by atoms with Crippen LogP contribution >= 0.6 is 17.1 Å². The summed E-state index contributed by atoms with van der Waals surface area (Å²) in [7, 11) is 2.04. The standard InChI is InChI=1S/C103H113N17O19P2/c1-65(2)120(66(3)4)140(133-52-22-48-104)138-84-54-91(119-63-110-93-95(106)113-100(115-98(93)119)112-88(121)34-20-50-116(5)101(125)130-57-82-78-30-16-12-26-74(78)75-27-13-17-31-79(75)82)137-87(84)60-135-141(134-53-23-49-105)139-85-55-90(136-86(85)59-132-103(69-24-10-9-11-25-69,70-40-44-72(127-7)45-41-70)71-42-46-73(128-8)47-43-71)118-64-111-94-96(108-62-109-97(94)118)114-99(124)68-38-36-67(37-39-68)56-107-89(122)61-129-92(123)35-21-51-117(6)102(126)131-58-83-80-32-18-14-28-76(80)77-29-15-19-33-81(77)83/h9-19,24-33,36-47,62-66,82-87,90-91,95H,20-23,34-35,50-61,106H2,1-8H3,(H,107,122)(H,108,109,114,124)(H2,112,113,115,121). The van der Waals surface area contributed by atoms with Crippen molar-refractivity contribution in [2.24, 2.45) is 10.7 Å². The molecule has 141 heavy (non-hydrogen) atoms. The Labute approximate surface area is 819 Å². The van der Waals surface area contributed by atoms with E-state index >= 15 is 0 Å². The van der Waals surface area contributed by atoms with Gasteiger partial charge in [-0.05, 0) is 144 Å². The molecule has 0 bridgehead atoms. The number of esters is 1. The van der Waals surface area contributed by atoms with E-state index in [0.29, 0.717) is 29.2 Å². The van der Waals surface area contributed by atoms with E-state index < -0.39 is 108 Å². The van der Waals surface area contributed by atoms with Gasteiger partial charge in [-0.3, -0.25) is 33.6 Å². The SMILES string of the molecule is COc1ccc(C(OCC2OC(n3cnc4c(NC(=O)c5ccc(CNC(=O)COC(=O)CCCN(C)C(=O)OCC6c7ccccc7-c7ccccc76)cc5)ncnc43)CC2OP(OCCC#N)OCC2OC(n3cnc4c3N=C(NC(=O)CCCN(C)C(=O)OCC3c5ccccc5-c5ccccc53)NC4N)CC2OP(OCCC#N)N(C(C)C)C(C)C)(c2ccccc2)c2ccc(OC)cc2)cc1. The number of benzene rings is 8. The van der Waals surface area contributed by atoms with E-state index in [1.165, 1.54) is 22.5 Å². The molecule has 6 heterocycles. The normalized spacial score (nSPS) is 17.7. The monoisotopic (exact) mass is 1950 g/mol. The number of imidazole rings is 2. The molecule has 16 rings (SSSR count). The Bertz CT molecular complexity index is 6180. The number of methoxy groups -OCH3 is 2. The van der Waals surface area contributed by atoms with Gasteiger partial charge in [0.1, 0.15) is 73.2 Å². The molecule has 5 aliphatic rings. The van der Waals surface area contributed by atoms with E-state index in [4.69, 9.17) is 86.2 Å². The molecule has 734 valence electrons. The van der Waals surface area contributed by atoms with Crippen molar-refractivity contribution >= 4 is 81.8 Å². The number of aliphatic imine (C=N–C) groups is 1. The van der Waals surface area contributed by atoms with Gasteiger partial charge in [0, 0.05) is 88.9 Å². The number of hydrogen-bond acceptors (Lipinski definition) is 29. The Balaban J connectivity index is 0.603. The first kappa shape index (κ1) is 100. The second-order valence-corrected chi connectivity index (χ2v) is 37.5. The van der Waals surface area contributed by atoms with E-state index in [-0.39, 0.29) is 162 Å². The molecule has 0 saturated carbocycles. The molecule has 2 saturated heterocycles. The van der Waals surface area contributed by atoms with Crippen LogP contribution in [0, 0.1) is 22.7 Å². The summed E-state index contributed by atoms with van der Waals surface area (Å²) in [4.78, 5) is 107. The zero-order chi connectivity index (χ0) is 98.6. The van der Waals surface area contributed by atoms with Crippen molar-refractivity contribution in [3.8, 4) is 45.9 Å². The van der Waals surface area contributed by atoms with Crippen LogP contribution in [0.5, 0.6) is 11.5 Å². The van der Waals surface area contributed by atoms with Crippen LogP contribution in [0.2, 0.25) is 0 Å². The maximum atomic E-state index is 14.2. The number of ether oxygens (including phenoxy) is 8. The number of nitrogens with two attached hydrogens (primary N) is 1. The summed E-state index contributed by atoms with van der Waals surface area (Å²) in [6, 6.07) is 68.0. The third-order valence-corrected chi connectivity index (χ3v) is 28.4. The summed E-state index contributed by atoms with van der Waals surface area (Å²) < 4.78 is 89.9. The summed E-state index contributed by atoms with van der Waals surface area (Å²) in [6.45, 7) is 7.94. The number of nitriles is 2. The van der Waals surface area contributed by atoms with Crippen molar-refractivity contribution in [2.75, 3.05) is 93.0 Å². The molecule has 38 heteroatoms. The lowest BCUT2D eigenvalue weighted by Crippen LogP contribution is -2.47. The van der Waals surface area contributed by atoms with Crippen LogP contribution in [0.1, 0.15) is 170 Å². The second kappa shape index (κ2) is 47.1. The average molecular weight is 1960 g/mol. The molecule has 3 aromatic heterocycles. The fourth-order valence-electron chi connectivity index (χ4n) is 18.1. The summed E-state index contributed by atoms with van der Waals surface area (Å²) in [5.41, 5.74) is 18.3. The first-order valence-electron chi connectivity index (χ1n) is 46.8. The number of carbonyl (C=O) groups excluding carboxylic acids is 6. The van der Waals surface area contributed by atoms with Crippen molar-refractivity contribution in [2.45, 2.75) is 158 Å². The number of hydrogen-bond donors (Lipinski definition) is 5. The smallest absolute Gasteiger partial charge is 0.409 e. The number of anilines is 1. The van der Waals surface area contributed by atoms with Crippen molar-refractivity contribution in [1.82, 2.24) is 59.5 Å². The van der Waals surface area contributed by atoms with Gasteiger partial charge in [-0.2, -0.15) is 15.5 Å². The van der Waals surface area contributed by atoms with E-state index in [1.807, 2.05) is 167 Å². The highest BCUT2D eigenvalue weighted by atomic mass is 31.2. The summed E-state index contributed by atoms with van der Waals surface area (Å²) in [5.74, 6) is -0.653. The zero-order valence-corrected chi connectivity index (χ0v) is 81.2. The van der Waals surface area contributed by atoms with E-state index in [0.717, 1.165) is 61.2 Å². The third kappa shape index (κ3) is 23.7. The fraction of sp³-hybridized carbons (Fsp3) is 0.369. The molecule has 6 N–H and O–H groups in total. The Morgan fingerprint density at radius 2 is 1.09 bits per heavy atom. The van der Waals surface area contributed by atoms with Crippen molar-refractivity contribution in [3.05, 3.63) is 275 Å². The maximum absolute atomic E-state index is 14.2. The minimum atomic E-state index is -2.48. The number of rotatable bonds is 44. The van der Waals surface area contributed by atoms with Crippen LogP contribution in [-0.2, 0) is 77.6 Å². The van der Waals surface area contributed by atoms with Gasteiger partial charge in [-0.25, -0.2) is 34.2 Å². The summed E-state index contributed by atoms with van der Waals surface area (Å²) in [6.07, 6.45) is -2.24.